The summed E-state index contributed by atoms with van der Waals surface area (Å²) in [4.78, 5) is 16.3. The van der Waals surface area contributed by atoms with Crippen molar-refractivity contribution in [2.75, 3.05) is 6.61 Å². The average Bonchev–Trinajstić information content (AvgIpc) is 2.84. The summed E-state index contributed by atoms with van der Waals surface area (Å²) in [6.07, 6.45) is 0. The van der Waals surface area contributed by atoms with Gasteiger partial charge in [-0.05, 0) is 39.8 Å². The molecule has 22 heavy (non-hydrogen) atoms. The van der Waals surface area contributed by atoms with Crippen LogP contribution in [0.15, 0.2) is 18.2 Å². The molecular weight excluding hydrogens is 285 g/mol. The van der Waals surface area contributed by atoms with Gasteiger partial charge in [0.15, 0.2) is 5.82 Å². The minimum Gasteiger partial charge on any atom is -0.465 e. The molecule has 0 fully saturated rings. The van der Waals surface area contributed by atoms with Crippen LogP contribution in [0.2, 0.25) is 0 Å². The van der Waals surface area contributed by atoms with Gasteiger partial charge in [-0.1, -0.05) is 6.07 Å². The Hall–Kier alpha value is -1.95. The highest BCUT2D eigenvalue weighted by atomic mass is 19.1. The summed E-state index contributed by atoms with van der Waals surface area (Å²) >= 11 is 0. The van der Waals surface area contributed by atoms with E-state index in [2.05, 4.69) is 10.3 Å². The van der Waals surface area contributed by atoms with Crippen LogP contribution >= 0.6 is 0 Å². The molecule has 0 bridgehead atoms. The first-order chi connectivity index (χ1) is 10.4. The predicted molar refractivity (Wildman–Crippen MR) is 82.9 cm³/mol. The van der Waals surface area contributed by atoms with Crippen molar-refractivity contribution >= 4 is 17.0 Å². The number of aromatic nitrogens is 2. The number of rotatable bonds is 6. The Morgan fingerprint density at radius 1 is 1.41 bits per heavy atom. The number of aryl methyl sites for hydroxylation is 1. The molecule has 0 atom stereocenters. The SMILES string of the molecule is CCOC(=O)C(C)(C)NCc1nc2c(F)cccc2n1CC. The number of nitrogens with one attached hydrogen (secondary N) is 1. The fourth-order valence-corrected chi connectivity index (χ4v) is 2.33. The number of carbonyl (C=O) groups excluding carboxylic acids is 1. The second kappa shape index (κ2) is 6.44. The van der Waals surface area contributed by atoms with Crippen LogP contribution in [0.5, 0.6) is 0 Å². The topological polar surface area (TPSA) is 56.1 Å². The van der Waals surface area contributed by atoms with E-state index in [9.17, 15) is 9.18 Å². The van der Waals surface area contributed by atoms with E-state index in [1.807, 2.05) is 17.6 Å². The van der Waals surface area contributed by atoms with Crippen LogP contribution in [0, 0.1) is 5.82 Å². The molecule has 0 aliphatic heterocycles. The van der Waals surface area contributed by atoms with Gasteiger partial charge in [0.1, 0.15) is 16.9 Å². The van der Waals surface area contributed by atoms with Gasteiger partial charge in [-0.15, -0.1) is 0 Å². The molecule has 2 aromatic rings. The lowest BCUT2D eigenvalue weighted by Crippen LogP contribution is -2.47. The summed E-state index contributed by atoms with van der Waals surface area (Å²) in [5.74, 6) is 0.0379. The lowest BCUT2D eigenvalue weighted by molar-refractivity contribution is -0.149. The number of ether oxygens (including phenoxy) is 1. The first-order valence-electron chi connectivity index (χ1n) is 7.46. The summed E-state index contributed by atoms with van der Waals surface area (Å²) in [5, 5.41) is 3.13. The number of carbonyl (C=O) groups is 1. The Balaban J connectivity index is 2.25. The van der Waals surface area contributed by atoms with Crippen LogP contribution in [0.25, 0.3) is 11.0 Å². The van der Waals surface area contributed by atoms with E-state index in [0.717, 1.165) is 5.52 Å². The summed E-state index contributed by atoms with van der Waals surface area (Å²) < 4.78 is 20.8. The molecule has 0 aliphatic carbocycles. The van der Waals surface area contributed by atoms with Gasteiger partial charge in [0.25, 0.3) is 0 Å². The van der Waals surface area contributed by atoms with Gasteiger partial charge in [-0.3, -0.25) is 10.1 Å². The quantitative estimate of drug-likeness (QED) is 0.834. The Morgan fingerprint density at radius 3 is 2.77 bits per heavy atom. The van der Waals surface area contributed by atoms with Gasteiger partial charge < -0.3 is 9.30 Å². The lowest BCUT2D eigenvalue weighted by Gasteiger charge is -2.23. The molecule has 0 spiro atoms. The number of nitrogens with zero attached hydrogens (tertiary/aromatic N) is 2. The molecule has 5 nitrogen and oxygen atoms in total. The van der Waals surface area contributed by atoms with Gasteiger partial charge >= 0.3 is 5.97 Å². The van der Waals surface area contributed by atoms with Crippen LogP contribution in [-0.2, 0) is 22.6 Å². The van der Waals surface area contributed by atoms with Crippen molar-refractivity contribution in [1.29, 1.82) is 0 Å². The largest absolute Gasteiger partial charge is 0.465 e. The molecule has 0 radical (unpaired) electrons. The fourth-order valence-electron chi connectivity index (χ4n) is 2.33. The Kier molecular flexibility index (Phi) is 4.81. The molecule has 0 saturated carbocycles. The highest BCUT2D eigenvalue weighted by molar-refractivity contribution is 5.80. The molecule has 0 aliphatic rings. The molecule has 1 heterocycles. The monoisotopic (exact) mass is 307 g/mol. The molecule has 0 amide bonds. The fraction of sp³-hybridized carbons (Fsp3) is 0.500. The van der Waals surface area contributed by atoms with Gasteiger partial charge in [0.2, 0.25) is 0 Å². The summed E-state index contributed by atoms with van der Waals surface area (Å²) in [5.41, 5.74) is 0.286. The third kappa shape index (κ3) is 3.11. The van der Waals surface area contributed by atoms with E-state index >= 15 is 0 Å². The molecule has 120 valence electrons. The van der Waals surface area contributed by atoms with E-state index < -0.39 is 5.54 Å². The molecule has 2 rings (SSSR count). The number of hydrogen-bond donors (Lipinski definition) is 1. The van der Waals surface area contributed by atoms with Crippen molar-refractivity contribution < 1.29 is 13.9 Å². The number of imidazole rings is 1. The van der Waals surface area contributed by atoms with Gasteiger partial charge in [-0.2, -0.15) is 0 Å². The number of benzene rings is 1. The normalized spacial score (nSPS) is 11.9. The van der Waals surface area contributed by atoms with Crippen molar-refractivity contribution in [1.82, 2.24) is 14.9 Å². The maximum atomic E-state index is 13.8. The van der Waals surface area contributed by atoms with Crippen molar-refractivity contribution in [3.8, 4) is 0 Å². The molecule has 0 saturated heterocycles. The third-order valence-electron chi connectivity index (χ3n) is 3.60. The highest BCUT2D eigenvalue weighted by Gasteiger charge is 2.29. The third-order valence-corrected chi connectivity index (χ3v) is 3.60. The minimum atomic E-state index is -0.828. The zero-order valence-electron chi connectivity index (χ0n) is 13.4. The van der Waals surface area contributed by atoms with E-state index in [1.165, 1.54) is 6.07 Å². The number of fused-ring (bicyclic) bond motifs is 1. The zero-order chi connectivity index (χ0) is 16.3. The summed E-state index contributed by atoms with van der Waals surface area (Å²) in [6, 6.07) is 4.91. The summed E-state index contributed by atoms with van der Waals surface area (Å²) in [7, 11) is 0. The van der Waals surface area contributed by atoms with Crippen molar-refractivity contribution in [3.05, 3.63) is 29.8 Å². The number of halogens is 1. The second-order valence-electron chi connectivity index (χ2n) is 5.58. The first kappa shape index (κ1) is 16.4. The maximum Gasteiger partial charge on any atom is 0.325 e. The Bertz CT molecular complexity index is 679. The van der Waals surface area contributed by atoms with Gasteiger partial charge in [0.05, 0.1) is 18.7 Å². The molecule has 1 aromatic carbocycles. The first-order valence-corrected chi connectivity index (χ1v) is 7.46. The Labute approximate surface area is 129 Å². The standard InChI is InChI=1S/C16H22FN3O2/c1-5-20-12-9-7-8-11(17)14(12)19-13(20)10-18-16(3,4)15(21)22-6-2/h7-9,18H,5-6,10H2,1-4H3. The van der Waals surface area contributed by atoms with Gasteiger partial charge in [0, 0.05) is 6.54 Å². The number of para-hydroxylation sites is 1. The van der Waals surface area contributed by atoms with Crippen molar-refractivity contribution in [2.45, 2.75) is 46.3 Å². The molecular formula is C16H22FN3O2. The average molecular weight is 307 g/mol. The Morgan fingerprint density at radius 2 is 2.14 bits per heavy atom. The van der Waals surface area contributed by atoms with Crippen molar-refractivity contribution in [2.24, 2.45) is 0 Å². The van der Waals surface area contributed by atoms with Crippen LogP contribution in [0.4, 0.5) is 4.39 Å². The molecule has 1 N–H and O–H groups in total. The number of hydrogen-bond acceptors (Lipinski definition) is 4. The van der Waals surface area contributed by atoms with E-state index in [1.54, 1.807) is 26.8 Å². The molecule has 0 unspecified atom stereocenters. The lowest BCUT2D eigenvalue weighted by atomic mass is 10.1. The molecule has 1 aromatic heterocycles. The maximum absolute atomic E-state index is 13.8. The summed E-state index contributed by atoms with van der Waals surface area (Å²) in [6.45, 7) is 8.63. The van der Waals surface area contributed by atoms with Gasteiger partial charge in [-0.25, -0.2) is 9.37 Å². The van der Waals surface area contributed by atoms with Crippen LogP contribution in [-0.4, -0.2) is 27.7 Å². The van der Waals surface area contributed by atoms with E-state index in [-0.39, 0.29) is 11.8 Å². The van der Waals surface area contributed by atoms with Crippen LogP contribution in [0.3, 0.4) is 0 Å². The van der Waals surface area contributed by atoms with Crippen LogP contribution < -0.4 is 5.32 Å². The van der Waals surface area contributed by atoms with E-state index in [4.69, 9.17) is 4.74 Å². The predicted octanol–water partition coefficient (Wildman–Crippen LogP) is 2.63. The number of esters is 1. The second-order valence-corrected chi connectivity index (χ2v) is 5.58. The zero-order valence-corrected chi connectivity index (χ0v) is 13.4. The van der Waals surface area contributed by atoms with Crippen LogP contribution in [0.1, 0.15) is 33.5 Å². The highest BCUT2D eigenvalue weighted by Crippen LogP contribution is 2.19. The molecule has 6 heteroatoms. The smallest absolute Gasteiger partial charge is 0.325 e. The van der Waals surface area contributed by atoms with Crippen molar-refractivity contribution in [3.63, 3.8) is 0 Å². The minimum absolute atomic E-state index is 0.319. The van der Waals surface area contributed by atoms with E-state index in [0.29, 0.717) is 31.0 Å².